The van der Waals surface area contributed by atoms with Gasteiger partial charge in [0.2, 0.25) is 0 Å². The molecule has 2 rings (SSSR count). The maximum atomic E-state index is 11.5. The van der Waals surface area contributed by atoms with Crippen molar-refractivity contribution < 1.29 is 9.53 Å². The minimum Gasteiger partial charge on any atom is -0.378 e. The van der Waals surface area contributed by atoms with E-state index >= 15 is 0 Å². The first-order valence-electron chi connectivity index (χ1n) is 4.95. The van der Waals surface area contributed by atoms with E-state index in [1.165, 1.54) is 0 Å². The van der Waals surface area contributed by atoms with Gasteiger partial charge in [-0.05, 0) is 6.07 Å². The maximum Gasteiger partial charge on any atom is 0.269 e. The molecular formula is C9H14N4O2. The van der Waals surface area contributed by atoms with E-state index in [-0.39, 0.29) is 11.9 Å². The third-order valence-corrected chi connectivity index (χ3v) is 2.25. The highest BCUT2D eigenvalue weighted by atomic mass is 16.5. The Morgan fingerprint density at radius 1 is 1.73 bits per heavy atom. The standard InChI is InChI=1S/C9H14N4O2/c14-9(8-1-2-12-13-8)11-5-7-6-15-4-3-10-7/h1-2,7,10H,3-6H2,(H,11,14)(H,12,13). The molecule has 0 saturated carbocycles. The quantitative estimate of drug-likeness (QED) is 0.606. The normalized spacial score (nSPS) is 21.2. The zero-order valence-corrected chi connectivity index (χ0v) is 8.32. The van der Waals surface area contributed by atoms with Crippen LogP contribution in [0, 0.1) is 0 Å². The molecule has 0 bridgehead atoms. The van der Waals surface area contributed by atoms with E-state index in [0.29, 0.717) is 18.8 Å². The lowest BCUT2D eigenvalue weighted by molar-refractivity contribution is 0.0733. The Morgan fingerprint density at radius 3 is 3.33 bits per heavy atom. The van der Waals surface area contributed by atoms with Gasteiger partial charge in [-0.25, -0.2) is 0 Å². The minimum atomic E-state index is -0.139. The number of aromatic nitrogens is 2. The van der Waals surface area contributed by atoms with E-state index in [9.17, 15) is 4.79 Å². The van der Waals surface area contributed by atoms with Crippen LogP contribution in [0.4, 0.5) is 0 Å². The van der Waals surface area contributed by atoms with Gasteiger partial charge in [0.05, 0.1) is 13.2 Å². The molecular weight excluding hydrogens is 196 g/mol. The summed E-state index contributed by atoms with van der Waals surface area (Å²) in [5, 5.41) is 12.4. The van der Waals surface area contributed by atoms with Crippen LogP contribution >= 0.6 is 0 Å². The van der Waals surface area contributed by atoms with Crippen LogP contribution in [0.5, 0.6) is 0 Å². The number of H-pyrrole nitrogens is 1. The second-order valence-corrected chi connectivity index (χ2v) is 3.41. The average Bonchev–Trinajstić information content (AvgIpc) is 2.81. The molecule has 1 atom stereocenters. The zero-order chi connectivity index (χ0) is 10.5. The van der Waals surface area contributed by atoms with E-state index < -0.39 is 0 Å². The molecule has 3 N–H and O–H groups in total. The van der Waals surface area contributed by atoms with Crippen LogP contribution in [0.3, 0.4) is 0 Å². The molecule has 0 aliphatic carbocycles. The smallest absolute Gasteiger partial charge is 0.269 e. The van der Waals surface area contributed by atoms with Crippen molar-refractivity contribution in [2.45, 2.75) is 6.04 Å². The van der Waals surface area contributed by atoms with Crippen LogP contribution in [-0.4, -0.2) is 48.4 Å². The fraction of sp³-hybridized carbons (Fsp3) is 0.556. The lowest BCUT2D eigenvalue weighted by atomic mass is 10.2. The van der Waals surface area contributed by atoms with Crippen molar-refractivity contribution in [2.24, 2.45) is 0 Å². The Balaban J connectivity index is 1.75. The molecule has 1 aromatic rings. The van der Waals surface area contributed by atoms with E-state index in [1.807, 2.05) is 0 Å². The van der Waals surface area contributed by atoms with Gasteiger partial charge in [0.25, 0.3) is 5.91 Å². The van der Waals surface area contributed by atoms with Gasteiger partial charge in [0, 0.05) is 25.3 Å². The number of amides is 1. The summed E-state index contributed by atoms with van der Waals surface area (Å²) < 4.78 is 5.27. The van der Waals surface area contributed by atoms with Crippen LogP contribution < -0.4 is 10.6 Å². The molecule has 0 spiro atoms. The van der Waals surface area contributed by atoms with Crippen molar-refractivity contribution in [1.82, 2.24) is 20.8 Å². The SMILES string of the molecule is O=C(NCC1COCCN1)c1ccn[nH]1. The first-order chi connectivity index (χ1) is 7.36. The first kappa shape index (κ1) is 10.1. The van der Waals surface area contributed by atoms with Crippen LogP contribution in [0.15, 0.2) is 12.3 Å². The molecule has 82 valence electrons. The van der Waals surface area contributed by atoms with Crippen LogP contribution in [0.2, 0.25) is 0 Å². The number of carbonyl (C=O) groups is 1. The molecule has 1 unspecified atom stereocenters. The van der Waals surface area contributed by atoms with Crippen molar-refractivity contribution in [1.29, 1.82) is 0 Å². The largest absolute Gasteiger partial charge is 0.378 e. The van der Waals surface area contributed by atoms with Gasteiger partial charge in [-0.1, -0.05) is 0 Å². The Labute approximate surface area is 87.4 Å². The predicted octanol–water partition coefficient (Wildman–Crippen LogP) is -0.872. The van der Waals surface area contributed by atoms with Crippen LogP contribution in [-0.2, 0) is 4.74 Å². The molecule has 2 heterocycles. The molecule has 1 aliphatic rings. The number of hydrogen-bond acceptors (Lipinski definition) is 4. The summed E-state index contributed by atoms with van der Waals surface area (Å²) in [4.78, 5) is 11.5. The number of morpholine rings is 1. The van der Waals surface area contributed by atoms with Crippen molar-refractivity contribution in [3.05, 3.63) is 18.0 Å². The second-order valence-electron chi connectivity index (χ2n) is 3.41. The second kappa shape index (κ2) is 4.90. The average molecular weight is 210 g/mol. The lowest BCUT2D eigenvalue weighted by Gasteiger charge is -2.23. The third-order valence-electron chi connectivity index (χ3n) is 2.25. The third kappa shape index (κ3) is 2.77. The van der Waals surface area contributed by atoms with E-state index in [1.54, 1.807) is 12.3 Å². The Kier molecular flexibility index (Phi) is 3.31. The number of carbonyl (C=O) groups excluding carboxylic acids is 1. The molecule has 0 radical (unpaired) electrons. The predicted molar refractivity (Wildman–Crippen MR) is 53.5 cm³/mol. The van der Waals surface area contributed by atoms with Gasteiger partial charge in [-0.15, -0.1) is 0 Å². The van der Waals surface area contributed by atoms with Gasteiger partial charge in [0.15, 0.2) is 0 Å². The van der Waals surface area contributed by atoms with E-state index in [4.69, 9.17) is 4.74 Å². The summed E-state index contributed by atoms with van der Waals surface area (Å²) in [5.41, 5.74) is 0.478. The van der Waals surface area contributed by atoms with Gasteiger partial charge >= 0.3 is 0 Å². The number of ether oxygens (including phenoxy) is 1. The highest BCUT2D eigenvalue weighted by Gasteiger charge is 2.14. The molecule has 1 amide bonds. The van der Waals surface area contributed by atoms with Gasteiger partial charge in [0.1, 0.15) is 5.69 Å². The Bertz CT molecular complexity index is 306. The van der Waals surface area contributed by atoms with Gasteiger partial charge in [-0.2, -0.15) is 5.10 Å². The molecule has 1 aromatic heterocycles. The zero-order valence-electron chi connectivity index (χ0n) is 8.32. The highest BCUT2D eigenvalue weighted by Crippen LogP contribution is 1.94. The molecule has 1 aliphatic heterocycles. The van der Waals surface area contributed by atoms with Crippen molar-refractivity contribution in [2.75, 3.05) is 26.3 Å². The summed E-state index contributed by atoms with van der Waals surface area (Å²) in [6, 6.07) is 1.84. The first-order valence-corrected chi connectivity index (χ1v) is 4.95. The molecule has 15 heavy (non-hydrogen) atoms. The summed E-state index contributed by atoms with van der Waals surface area (Å²) >= 11 is 0. The highest BCUT2D eigenvalue weighted by molar-refractivity contribution is 5.92. The van der Waals surface area contributed by atoms with Crippen molar-refractivity contribution >= 4 is 5.91 Å². The fourth-order valence-corrected chi connectivity index (χ4v) is 1.44. The lowest BCUT2D eigenvalue weighted by Crippen LogP contribution is -2.48. The van der Waals surface area contributed by atoms with Crippen molar-refractivity contribution in [3.8, 4) is 0 Å². The molecule has 6 nitrogen and oxygen atoms in total. The topological polar surface area (TPSA) is 79.0 Å². The summed E-state index contributed by atoms with van der Waals surface area (Å²) in [6.45, 7) is 2.79. The minimum absolute atomic E-state index is 0.139. The molecule has 1 saturated heterocycles. The number of aromatic amines is 1. The molecule has 1 fully saturated rings. The maximum absolute atomic E-state index is 11.5. The number of nitrogens with one attached hydrogen (secondary N) is 3. The number of nitrogens with zero attached hydrogens (tertiary/aromatic N) is 1. The fourth-order valence-electron chi connectivity index (χ4n) is 1.44. The number of hydrogen-bond donors (Lipinski definition) is 3. The van der Waals surface area contributed by atoms with Crippen LogP contribution in [0.1, 0.15) is 10.5 Å². The van der Waals surface area contributed by atoms with Crippen LogP contribution in [0.25, 0.3) is 0 Å². The van der Waals surface area contributed by atoms with Gasteiger partial charge in [-0.3, -0.25) is 9.89 Å². The monoisotopic (exact) mass is 210 g/mol. The van der Waals surface area contributed by atoms with E-state index in [2.05, 4.69) is 20.8 Å². The van der Waals surface area contributed by atoms with Crippen molar-refractivity contribution in [3.63, 3.8) is 0 Å². The van der Waals surface area contributed by atoms with E-state index in [0.717, 1.165) is 13.2 Å². The summed E-state index contributed by atoms with van der Waals surface area (Å²) in [5.74, 6) is -0.139. The summed E-state index contributed by atoms with van der Waals surface area (Å²) in [6.07, 6.45) is 1.55. The Morgan fingerprint density at radius 2 is 2.67 bits per heavy atom. The van der Waals surface area contributed by atoms with Gasteiger partial charge < -0.3 is 15.4 Å². The summed E-state index contributed by atoms with van der Waals surface area (Å²) in [7, 11) is 0. The molecule has 0 aromatic carbocycles. The molecule has 6 heteroatoms. The number of rotatable bonds is 3. The Hall–Kier alpha value is -1.40.